The summed E-state index contributed by atoms with van der Waals surface area (Å²) < 4.78 is 88.4. The molecule has 2 unspecified atom stereocenters. The van der Waals surface area contributed by atoms with E-state index in [0.717, 1.165) is 13.8 Å². The minimum Gasteiger partial charge on any atom is -0.236 e. The van der Waals surface area contributed by atoms with Crippen LogP contribution in [0.25, 0.3) is 0 Å². The molecule has 1 aliphatic carbocycles. The summed E-state index contributed by atoms with van der Waals surface area (Å²) in [4.78, 5) is 0. The van der Waals surface area contributed by atoms with E-state index in [1.165, 1.54) is 34.6 Å². The van der Waals surface area contributed by atoms with Gasteiger partial charge in [0.25, 0.3) is 5.92 Å². The van der Waals surface area contributed by atoms with Gasteiger partial charge in [0.05, 0.1) is 0 Å². The molecule has 1 saturated carbocycles. The van der Waals surface area contributed by atoms with E-state index in [-0.39, 0.29) is 12.8 Å². The minimum atomic E-state index is -4.74. The molecule has 1 aliphatic rings. The van der Waals surface area contributed by atoms with Crippen molar-refractivity contribution in [3.05, 3.63) is 0 Å². The molecule has 0 aromatic carbocycles. The Morgan fingerprint density at radius 2 is 1.26 bits per heavy atom. The predicted octanol–water partition coefficient (Wildman–Crippen LogP) is 6.59. The molecule has 0 nitrogen and oxygen atoms in total. The van der Waals surface area contributed by atoms with E-state index < -0.39 is 46.4 Å². The second kappa shape index (κ2) is 5.29. The molecule has 1 fully saturated rings. The van der Waals surface area contributed by atoms with Crippen LogP contribution in [0.4, 0.5) is 26.3 Å². The standard InChI is InChI=1S/C17H28F6/c1-8-13(7,9-2)14(18)10-15(19,17(14,22)23)16(20,21)12(5,6)11(3)4/h11H,8-10H2,1-7H3. The molecular weight excluding hydrogens is 318 g/mol. The fraction of sp³-hybridized carbons (Fsp3) is 1.00. The van der Waals surface area contributed by atoms with Crippen molar-refractivity contribution >= 4 is 0 Å². The van der Waals surface area contributed by atoms with Gasteiger partial charge >= 0.3 is 5.92 Å². The molecule has 0 saturated heterocycles. The van der Waals surface area contributed by atoms with Gasteiger partial charge in [-0.05, 0) is 18.8 Å². The molecule has 2 atom stereocenters. The van der Waals surface area contributed by atoms with Gasteiger partial charge in [-0.3, -0.25) is 0 Å². The Kier molecular flexibility index (Phi) is 4.74. The summed E-state index contributed by atoms with van der Waals surface area (Å²) >= 11 is 0. The van der Waals surface area contributed by atoms with Crippen LogP contribution in [0.2, 0.25) is 0 Å². The van der Waals surface area contributed by atoms with Crippen molar-refractivity contribution in [1.82, 2.24) is 0 Å². The van der Waals surface area contributed by atoms with Crippen molar-refractivity contribution in [3.63, 3.8) is 0 Å². The molecule has 1 rings (SSSR count). The molecule has 23 heavy (non-hydrogen) atoms. The van der Waals surface area contributed by atoms with E-state index in [1.807, 2.05) is 0 Å². The fourth-order valence-electron chi connectivity index (χ4n) is 3.35. The third-order valence-electron chi connectivity index (χ3n) is 6.75. The smallest absolute Gasteiger partial charge is 0.236 e. The maximum atomic E-state index is 15.0. The normalized spacial score (nSPS) is 32.1. The van der Waals surface area contributed by atoms with Crippen LogP contribution in [0.3, 0.4) is 0 Å². The van der Waals surface area contributed by atoms with E-state index in [0.29, 0.717) is 0 Å². The molecule has 0 N–H and O–H groups in total. The molecule has 6 heteroatoms. The molecule has 0 aromatic heterocycles. The first-order valence-electron chi connectivity index (χ1n) is 8.16. The highest BCUT2D eigenvalue weighted by molar-refractivity contribution is 5.30. The molecule has 0 spiro atoms. The molecule has 138 valence electrons. The summed E-state index contributed by atoms with van der Waals surface area (Å²) in [6, 6.07) is 0. The Hall–Kier alpha value is -0.420. The third-order valence-corrected chi connectivity index (χ3v) is 6.75. The first-order valence-corrected chi connectivity index (χ1v) is 8.16. The van der Waals surface area contributed by atoms with Crippen molar-refractivity contribution in [2.45, 2.75) is 90.9 Å². The van der Waals surface area contributed by atoms with Gasteiger partial charge in [0.1, 0.15) is 0 Å². The number of hydrogen-bond acceptors (Lipinski definition) is 0. The van der Waals surface area contributed by atoms with Crippen molar-refractivity contribution in [1.29, 1.82) is 0 Å². The summed E-state index contributed by atoms with van der Waals surface area (Å²) in [5.41, 5.74) is -11.0. The molecule has 0 bridgehead atoms. The lowest BCUT2D eigenvalue weighted by molar-refractivity contribution is -0.410. The summed E-state index contributed by atoms with van der Waals surface area (Å²) in [6.45, 7) is 9.22. The van der Waals surface area contributed by atoms with Gasteiger partial charge in [0.2, 0.25) is 5.67 Å². The maximum absolute atomic E-state index is 15.0. The van der Waals surface area contributed by atoms with Crippen LogP contribution in [0.15, 0.2) is 0 Å². The van der Waals surface area contributed by atoms with E-state index >= 15 is 4.39 Å². The lowest BCUT2D eigenvalue weighted by Gasteiger charge is -2.63. The molecule has 0 aliphatic heterocycles. The Balaban J connectivity index is 3.39. The Labute approximate surface area is 135 Å². The average molecular weight is 346 g/mol. The third kappa shape index (κ3) is 2.11. The monoisotopic (exact) mass is 346 g/mol. The van der Waals surface area contributed by atoms with Gasteiger partial charge in [0, 0.05) is 17.3 Å². The van der Waals surface area contributed by atoms with Gasteiger partial charge in [-0.15, -0.1) is 0 Å². The maximum Gasteiger partial charge on any atom is 0.321 e. The van der Waals surface area contributed by atoms with E-state index in [2.05, 4.69) is 0 Å². The van der Waals surface area contributed by atoms with Gasteiger partial charge < -0.3 is 0 Å². The quantitative estimate of drug-likeness (QED) is 0.476. The van der Waals surface area contributed by atoms with E-state index in [4.69, 9.17) is 0 Å². The van der Waals surface area contributed by atoms with E-state index in [9.17, 15) is 22.0 Å². The highest BCUT2D eigenvalue weighted by Crippen LogP contribution is 2.73. The van der Waals surface area contributed by atoms with Crippen LogP contribution in [-0.4, -0.2) is 23.2 Å². The molecular formula is C17H28F6. The molecule has 0 radical (unpaired) electrons. The van der Waals surface area contributed by atoms with E-state index in [1.54, 1.807) is 0 Å². The fourth-order valence-corrected chi connectivity index (χ4v) is 3.35. The Morgan fingerprint density at radius 3 is 1.52 bits per heavy atom. The van der Waals surface area contributed by atoms with Gasteiger partial charge in [-0.1, -0.05) is 48.5 Å². The summed E-state index contributed by atoms with van der Waals surface area (Å²) in [7, 11) is 0. The Morgan fingerprint density at radius 1 is 0.870 bits per heavy atom. The van der Waals surface area contributed by atoms with Crippen LogP contribution in [0.1, 0.15) is 67.7 Å². The van der Waals surface area contributed by atoms with Crippen molar-refractivity contribution < 1.29 is 26.3 Å². The zero-order chi connectivity index (χ0) is 18.7. The first kappa shape index (κ1) is 20.6. The molecule has 0 amide bonds. The summed E-state index contributed by atoms with van der Waals surface area (Å²) in [5.74, 6) is -9.84. The van der Waals surface area contributed by atoms with Crippen LogP contribution < -0.4 is 0 Å². The number of rotatable bonds is 6. The average Bonchev–Trinajstić information content (AvgIpc) is 2.45. The van der Waals surface area contributed by atoms with Crippen LogP contribution in [0, 0.1) is 16.7 Å². The topological polar surface area (TPSA) is 0 Å². The number of alkyl halides is 6. The zero-order valence-electron chi connectivity index (χ0n) is 15.0. The predicted molar refractivity (Wildman–Crippen MR) is 79.5 cm³/mol. The van der Waals surface area contributed by atoms with Crippen molar-refractivity contribution in [2.24, 2.45) is 16.7 Å². The first-order chi connectivity index (χ1) is 10.0. The minimum absolute atomic E-state index is 0.0187. The highest BCUT2D eigenvalue weighted by Gasteiger charge is 2.91. The Bertz CT molecular complexity index is 452. The second-order valence-corrected chi connectivity index (χ2v) is 8.07. The highest BCUT2D eigenvalue weighted by atomic mass is 19.3. The second-order valence-electron chi connectivity index (χ2n) is 8.07. The largest absolute Gasteiger partial charge is 0.321 e. The lowest BCUT2D eigenvalue weighted by atomic mass is 9.49. The van der Waals surface area contributed by atoms with Crippen LogP contribution in [-0.2, 0) is 0 Å². The number of halogens is 6. The molecule has 0 aromatic rings. The summed E-state index contributed by atoms with van der Waals surface area (Å²) in [5, 5.41) is 0. The van der Waals surface area contributed by atoms with Crippen molar-refractivity contribution in [2.75, 3.05) is 0 Å². The SMILES string of the molecule is CCC(C)(CC)C1(F)CC(F)(C(F)(F)C(C)(C)C(C)C)C1(F)F. The lowest BCUT2D eigenvalue weighted by Crippen LogP contribution is -2.83. The van der Waals surface area contributed by atoms with Crippen LogP contribution in [0.5, 0.6) is 0 Å². The van der Waals surface area contributed by atoms with Gasteiger partial charge in [0.15, 0.2) is 5.67 Å². The van der Waals surface area contributed by atoms with Crippen LogP contribution >= 0.6 is 0 Å². The van der Waals surface area contributed by atoms with Crippen molar-refractivity contribution in [3.8, 4) is 0 Å². The van der Waals surface area contributed by atoms with Gasteiger partial charge in [-0.25, -0.2) is 17.6 Å². The summed E-state index contributed by atoms with van der Waals surface area (Å²) in [6.07, 6.45) is -1.44. The number of hydrogen-bond donors (Lipinski definition) is 0. The zero-order valence-corrected chi connectivity index (χ0v) is 15.0. The molecule has 0 heterocycles. The van der Waals surface area contributed by atoms with Gasteiger partial charge in [-0.2, -0.15) is 8.78 Å².